The molecule has 4 nitrogen and oxygen atoms in total. The summed E-state index contributed by atoms with van der Waals surface area (Å²) in [6.07, 6.45) is -1.31. The summed E-state index contributed by atoms with van der Waals surface area (Å²) >= 11 is 0. The fourth-order valence-electron chi connectivity index (χ4n) is 2.27. The average Bonchev–Trinajstić information content (AvgIpc) is 2.40. The van der Waals surface area contributed by atoms with Gasteiger partial charge in [-0.05, 0) is 7.05 Å². The Kier molecular flexibility index (Phi) is 4.28. The van der Waals surface area contributed by atoms with E-state index >= 15 is 0 Å². The van der Waals surface area contributed by atoms with Gasteiger partial charge < -0.3 is 14.4 Å². The normalized spacial score (nSPS) is 21.6. The van der Waals surface area contributed by atoms with Crippen LogP contribution in [-0.2, 0) is 0 Å². The molecular weight excluding hydrogens is 285 g/mol. The SMILES string of the molecule is COc1cc(F)c(C#N)c(OC2CCN(C)CC2(F)F)c1. The smallest absolute Gasteiger partial charge is 0.296 e. The van der Waals surface area contributed by atoms with Crippen LogP contribution in [0.3, 0.4) is 0 Å². The number of piperidine rings is 1. The molecule has 2 rings (SSSR count). The molecule has 7 heteroatoms. The standard InChI is InChI=1S/C14H15F3N2O2/c1-19-4-3-13(14(16,17)8-19)21-12-6-9(20-2)5-11(15)10(12)7-18/h5-6,13H,3-4,8H2,1-2H3. The van der Waals surface area contributed by atoms with Crippen LogP contribution in [0.25, 0.3) is 0 Å². The highest BCUT2D eigenvalue weighted by atomic mass is 19.3. The van der Waals surface area contributed by atoms with E-state index < -0.39 is 30.0 Å². The number of halogens is 3. The number of alkyl halides is 2. The zero-order valence-electron chi connectivity index (χ0n) is 11.7. The maximum atomic E-state index is 13.9. The molecule has 1 heterocycles. The van der Waals surface area contributed by atoms with Crippen LogP contribution >= 0.6 is 0 Å². The summed E-state index contributed by atoms with van der Waals surface area (Å²) in [6.45, 7) is 0.000594. The predicted molar refractivity (Wildman–Crippen MR) is 69.1 cm³/mol. The topological polar surface area (TPSA) is 45.5 Å². The minimum atomic E-state index is -3.07. The first-order valence-electron chi connectivity index (χ1n) is 6.38. The van der Waals surface area contributed by atoms with Crippen molar-refractivity contribution in [1.29, 1.82) is 5.26 Å². The van der Waals surface area contributed by atoms with Crippen LogP contribution in [0.2, 0.25) is 0 Å². The molecule has 0 amide bonds. The molecule has 1 aromatic carbocycles. The number of likely N-dealkylation sites (tertiary alicyclic amines) is 1. The second kappa shape index (κ2) is 5.82. The molecule has 0 bridgehead atoms. The molecule has 1 atom stereocenters. The third-order valence-electron chi connectivity index (χ3n) is 3.37. The Morgan fingerprint density at radius 2 is 2.14 bits per heavy atom. The lowest BCUT2D eigenvalue weighted by Crippen LogP contribution is -2.52. The highest BCUT2D eigenvalue weighted by Gasteiger charge is 2.45. The monoisotopic (exact) mass is 300 g/mol. The Morgan fingerprint density at radius 1 is 1.43 bits per heavy atom. The number of hydrogen-bond donors (Lipinski definition) is 0. The Morgan fingerprint density at radius 3 is 2.71 bits per heavy atom. The molecule has 0 spiro atoms. The molecule has 21 heavy (non-hydrogen) atoms. The maximum absolute atomic E-state index is 13.9. The molecule has 0 aromatic heterocycles. The van der Waals surface area contributed by atoms with Crippen molar-refractivity contribution in [3.8, 4) is 17.6 Å². The quantitative estimate of drug-likeness (QED) is 0.860. The highest BCUT2D eigenvalue weighted by molar-refractivity contribution is 5.48. The largest absolute Gasteiger partial charge is 0.497 e. The van der Waals surface area contributed by atoms with Crippen LogP contribution in [-0.4, -0.2) is 44.2 Å². The van der Waals surface area contributed by atoms with Gasteiger partial charge in [-0.2, -0.15) is 5.26 Å². The summed E-state index contributed by atoms with van der Waals surface area (Å²) in [5.74, 6) is -4.04. The van der Waals surface area contributed by atoms with Gasteiger partial charge in [-0.1, -0.05) is 0 Å². The van der Waals surface area contributed by atoms with Crippen LogP contribution in [0.1, 0.15) is 12.0 Å². The second-order valence-electron chi connectivity index (χ2n) is 4.99. The van der Waals surface area contributed by atoms with Crippen molar-refractivity contribution in [2.75, 3.05) is 27.2 Å². The minimum absolute atomic E-state index is 0.0905. The van der Waals surface area contributed by atoms with E-state index in [-0.39, 0.29) is 17.9 Å². The van der Waals surface area contributed by atoms with E-state index in [1.165, 1.54) is 18.1 Å². The first-order chi connectivity index (χ1) is 9.87. The summed E-state index contributed by atoms with van der Waals surface area (Å²) in [5.41, 5.74) is -0.398. The molecule has 114 valence electrons. The molecule has 1 unspecified atom stereocenters. The van der Waals surface area contributed by atoms with Crippen LogP contribution in [0.4, 0.5) is 13.2 Å². The van der Waals surface area contributed by atoms with Gasteiger partial charge in [0.25, 0.3) is 5.92 Å². The number of rotatable bonds is 3. The van der Waals surface area contributed by atoms with Crippen LogP contribution in [0.15, 0.2) is 12.1 Å². The van der Waals surface area contributed by atoms with Gasteiger partial charge in [0.05, 0.1) is 13.7 Å². The maximum Gasteiger partial charge on any atom is 0.296 e. The molecule has 0 aliphatic carbocycles. The van der Waals surface area contributed by atoms with Crippen molar-refractivity contribution in [2.45, 2.75) is 18.4 Å². The molecular formula is C14H15F3N2O2. The van der Waals surface area contributed by atoms with E-state index in [1.54, 1.807) is 13.1 Å². The lowest BCUT2D eigenvalue weighted by Gasteiger charge is -2.36. The fraction of sp³-hybridized carbons (Fsp3) is 0.500. The molecule has 1 fully saturated rings. The third-order valence-corrected chi connectivity index (χ3v) is 3.37. The molecule has 1 aromatic rings. The van der Waals surface area contributed by atoms with Gasteiger partial charge in [0.2, 0.25) is 0 Å². The van der Waals surface area contributed by atoms with Crippen LogP contribution in [0, 0.1) is 17.1 Å². The lowest BCUT2D eigenvalue weighted by atomic mass is 10.0. The van der Waals surface area contributed by atoms with Gasteiger partial charge in [0.15, 0.2) is 6.10 Å². The van der Waals surface area contributed by atoms with Gasteiger partial charge >= 0.3 is 0 Å². The molecule has 0 N–H and O–H groups in total. The van der Waals surface area contributed by atoms with Crippen LogP contribution < -0.4 is 9.47 Å². The Hall–Kier alpha value is -1.94. The number of nitriles is 1. The van der Waals surface area contributed by atoms with Gasteiger partial charge in [-0.3, -0.25) is 0 Å². The number of methoxy groups -OCH3 is 1. The second-order valence-corrected chi connectivity index (χ2v) is 4.99. The van der Waals surface area contributed by atoms with E-state index in [0.29, 0.717) is 6.54 Å². The van der Waals surface area contributed by atoms with Gasteiger partial charge in [-0.15, -0.1) is 0 Å². The fourth-order valence-corrected chi connectivity index (χ4v) is 2.27. The summed E-state index contributed by atoms with van der Waals surface area (Å²) in [5, 5.41) is 8.96. The van der Waals surface area contributed by atoms with E-state index in [4.69, 9.17) is 14.7 Å². The summed E-state index contributed by atoms with van der Waals surface area (Å²) < 4.78 is 51.7. The average molecular weight is 300 g/mol. The Balaban J connectivity index is 2.31. The van der Waals surface area contributed by atoms with Crippen molar-refractivity contribution in [3.05, 3.63) is 23.5 Å². The van der Waals surface area contributed by atoms with Crippen molar-refractivity contribution < 1.29 is 22.6 Å². The van der Waals surface area contributed by atoms with E-state index in [2.05, 4.69) is 0 Å². The molecule has 1 aliphatic heterocycles. The zero-order chi connectivity index (χ0) is 15.6. The number of hydrogen-bond acceptors (Lipinski definition) is 4. The highest BCUT2D eigenvalue weighted by Crippen LogP contribution is 2.34. The summed E-state index contributed by atoms with van der Waals surface area (Å²) in [4.78, 5) is 1.50. The molecule has 0 saturated carbocycles. The Labute approximate surface area is 120 Å². The minimum Gasteiger partial charge on any atom is -0.497 e. The predicted octanol–water partition coefficient (Wildman–Crippen LogP) is 2.42. The Bertz CT molecular complexity index is 572. The van der Waals surface area contributed by atoms with E-state index in [0.717, 1.165) is 6.07 Å². The van der Waals surface area contributed by atoms with Crippen molar-refractivity contribution in [3.63, 3.8) is 0 Å². The van der Waals surface area contributed by atoms with E-state index in [1.807, 2.05) is 0 Å². The first-order valence-corrected chi connectivity index (χ1v) is 6.38. The summed E-state index contributed by atoms with van der Waals surface area (Å²) in [6, 6.07) is 3.89. The number of nitrogens with zero attached hydrogens (tertiary/aromatic N) is 2. The summed E-state index contributed by atoms with van der Waals surface area (Å²) in [7, 11) is 2.91. The van der Waals surface area contributed by atoms with Gasteiger partial charge in [0, 0.05) is 25.1 Å². The molecule has 1 saturated heterocycles. The van der Waals surface area contributed by atoms with E-state index in [9.17, 15) is 13.2 Å². The molecule has 0 radical (unpaired) electrons. The molecule has 1 aliphatic rings. The number of benzene rings is 1. The lowest BCUT2D eigenvalue weighted by molar-refractivity contribution is -0.135. The van der Waals surface area contributed by atoms with Gasteiger partial charge in [-0.25, -0.2) is 13.2 Å². The first kappa shape index (κ1) is 15.4. The zero-order valence-corrected chi connectivity index (χ0v) is 11.7. The number of ether oxygens (including phenoxy) is 2. The van der Waals surface area contributed by atoms with Crippen molar-refractivity contribution in [1.82, 2.24) is 4.90 Å². The third kappa shape index (κ3) is 3.22. The van der Waals surface area contributed by atoms with Crippen molar-refractivity contribution >= 4 is 0 Å². The van der Waals surface area contributed by atoms with Gasteiger partial charge in [0.1, 0.15) is 28.9 Å². The van der Waals surface area contributed by atoms with Crippen LogP contribution in [0.5, 0.6) is 11.5 Å². The van der Waals surface area contributed by atoms with Crippen molar-refractivity contribution in [2.24, 2.45) is 0 Å².